The molecule has 1 aromatic carbocycles. The molecule has 0 saturated carbocycles. The summed E-state index contributed by atoms with van der Waals surface area (Å²) in [6, 6.07) is 10.4. The second kappa shape index (κ2) is 5.42. The third-order valence-electron chi connectivity index (χ3n) is 2.85. The number of halogens is 1. The van der Waals surface area contributed by atoms with Gasteiger partial charge in [0.05, 0.1) is 5.52 Å². The number of benzene rings is 1. The molecule has 0 spiro atoms. The van der Waals surface area contributed by atoms with Gasteiger partial charge in [0.15, 0.2) is 0 Å². The van der Waals surface area contributed by atoms with E-state index < -0.39 is 10.0 Å². The van der Waals surface area contributed by atoms with Crippen LogP contribution in [0.4, 0.5) is 5.69 Å². The Kier molecular flexibility index (Phi) is 3.60. The van der Waals surface area contributed by atoms with Crippen LogP contribution in [-0.4, -0.2) is 18.4 Å². The van der Waals surface area contributed by atoms with Gasteiger partial charge in [-0.15, -0.1) is 0 Å². The molecule has 0 aliphatic heterocycles. The number of nitrogens with one attached hydrogen (secondary N) is 1. The third kappa shape index (κ3) is 3.03. The van der Waals surface area contributed by atoms with Gasteiger partial charge in [0.1, 0.15) is 4.90 Å². The maximum absolute atomic E-state index is 12.3. The number of sulfonamides is 1. The highest BCUT2D eigenvalue weighted by molar-refractivity contribution is 9.10. The Bertz CT molecular complexity index is 913. The highest BCUT2D eigenvalue weighted by Gasteiger charge is 2.15. The zero-order valence-corrected chi connectivity index (χ0v) is 13.1. The minimum Gasteiger partial charge on any atom is -0.280 e. The Morgan fingerprint density at radius 3 is 2.76 bits per heavy atom. The summed E-state index contributed by atoms with van der Waals surface area (Å²) in [6.45, 7) is 0. The maximum Gasteiger partial charge on any atom is 0.263 e. The standard InChI is InChI=1S/C14H10BrN3O2S/c15-11-7-13(9-16-8-11)21(19,20)18-12-3-4-14-10(6-12)2-1-5-17-14/h1-9,18H. The smallest absolute Gasteiger partial charge is 0.263 e. The zero-order valence-electron chi connectivity index (χ0n) is 10.7. The van der Waals surface area contributed by atoms with Crippen LogP contribution in [0.15, 0.2) is 64.4 Å². The number of aromatic nitrogens is 2. The topological polar surface area (TPSA) is 72.0 Å². The van der Waals surface area contributed by atoms with Crippen LogP contribution in [0, 0.1) is 0 Å². The molecule has 21 heavy (non-hydrogen) atoms. The second-order valence-electron chi connectivity index (χ2n) is 4.36. The summed E-state index contributed by atoms with van der Waals surface area (Å²) in [4.78, 5) is 8.16. The number of fused-ring (bicyclic) bond motifs is 1. The van der Waals surface area contributed by atoms with Crippen LogP contribution in [0.1, 0.15) is 0 Å². The average Bonchev–Trinajstić information content (AvgIpc) is 2.47. The van der Waals surface area contributed by atoms with Crippen molar-refractivity contribution in [1.82, 2.24) is 9.97 Å². The summed E-state index contributed by atoms with van der Waals surface area (Å²) < 4.78 is 27.7. The second-order valence-corrected chi connectivity index (χ2v) is 6.95. The lowest BCUT2D eigenvalue weighted by atomic mass is 10.2. The number of rotatable bonds is 3. The SMILES string of the molecule is O=S(=O)(Nc1ccc2ncccc2c1)c1cncc(Br)c1. The van der Waals surface area contributed by atoms with Crippen molar-refractivity contribution in [2.24, 2.45) is 0 Å². The number of pyridine rings is 2. The van der Waals surface area contributed by atoms with E-state index >= 15 is 0 Å². The molecule has 0 unspecified atom stereocenters. The number of anilines is 1. The minimum atomic E-state index is -3.67. The molecule has 0 aliphatic carbocycles. The van der Waals surface area contributed by atoms with Gasteiger partial charge in [-0.2, -0.15) is 0 Å². The third-order valence-corrected chi connectivity index (χ3v) is 4.63. The van der Waals surface area contributed by atoms with E-state index in [1.165, 1.54) is 18.5 Å². The summed E-state index contributed by atoms with van der Waals surface area (Å²) in [5.41, 5.74) is 1.29. The fraction of sp³-hybridized carbons (Fsp3) is 0. The summed E-state index contributed by atoms with van der Waals surface area (Å²) in [5, 5.41) is 0.866. The van der Waals surface area contributed by atoms with Gasteiger partial charge < -0.3 is 0 Å². The van der Waals surface area contributed by atoms with E-state index in [1.807, 2.05) is 6.07 Å². The average molecular weight is 364 g/mol. The lowest BCUT2D eigenvalue weighted by molar-refractivity contribution is 0.600. The van der Waals surface area contributed by atoms with E-state index in [4.69, 9.17) is 0 Å². The van der Waals surface area contributed by atoms with E-state index in [0.717, 1.165) is 10.9 Å². The fourth-order valence-corrected chi connectivity index (χ4v) is 3.45. The van der Waals surface area contributed by atoms with Gasteiger partial charge in [0.2, 0.25) is 0 Å². The van der Waals surface area contributed by atoms with Crippen molar-refractivity contribution >= 4 is 42.5 Å². The normalized spacial score (nSPS) is 11.5. The van der Waals surface area contributed by atoms with Crippen LogP contribution in [-0.2, 0) is 10.0 Å². The number of nitrogens with zero attached hydrogens (tertiary/aromatic N) is 2. The summed E-state index contributed by atoms with van der Waals surface area (Å²) in [6.07, 6.45) is 4.52. The van der Waals surface area contributed by atoms with Crippen molar-refractivity contribution in [1.29, 1.82) is 0 Å². The van der Waals surface area contributed by atoms with Crippen LogP contribution >= 0.6 is 15.9 Å². The molecule has 3 aromatic rings. The molecule has 0 saturated heterocycles. The Morgan fingerprint density at radius 2 is 1.95 bits per heavy atom. The predicted molar refractivity (Wildman–Crippen MR) is 84.5 cm³/mol. The molecule has 0 fully saturated rings. The monoisotopic (exact) mass is 363 g/mol. The number of hydrogen-bond acceptors (Lipinski definition) is 4. The van der Waals surface area contributed by atoms with E-state index in [9.17, 15) is 8.42 Å². The first-order chi connectivity index (χ1) is 10.0. The van der Waals surface area contributed by atoms with Crippen molar-refractivity contribution in [3.05, 3.63) is 59.5 Å². The Morgan fingerprint density at radius 1 is 1.10 bits per heavy atom. The molecule has 1 N–H and O–H groups in total. The molecule has 5 nitrogen and oxygen atoms in total. The van der Waals surface area contributed by atoms with Crippen LogP contribution in [0.2, 0.25) is 0 Å². The first kappa shape index (κ1) is 14.0. The van der Waals surface area contributed by atoms with Gasteiger partial charge in [-0.3, -0.25) is 14.7 Å². The van der Waals surface area contributed by atoms with Gasteiger partial charge in [0.25, 0.3) is 10.0 Å². The van der Waals surface area contributed by atoms with Gasteiger partial charge in [-0.1, -0.05) is 6.07 Å². The van der Waals surface area contributed by atoms with Crippen molar-refractivity contribution < 1.29 is 8.42 Å². The lowest BCUT2D eigenvalue weighted by Crippen LogP contribution is -2.13. The van der Waals surface area contributed by atoms with Crippen LogP contribution in [0.3, 0.4) is 0 Å². The highest BCUT2D eigenvalue weighted by Crippen LogP contribution is 2.21. The quantitative estimate of drug-likeness (QED) is 0.775. The van der Waals surface area contributed by atoms with E-state index in [2.05, 4.69) is 30.6 Å². The van der Waals surface area contributed by atoms with Crippen molar-refractivity contribution in [2.45, 2.75) is 4.90 Å². The fourth-order valence-electron chi connectivity index (χ4n) is 1.89. The Labute approximate surface area is 130 Å². The predicted octanol–water partition coefficient (Wildman–Crippen LogP) is 3.19. The lowest BCUT2D eigenvalue weighted by Gasteiger charge is -2.08. The summed E-state index contributed by atoms with van der Waals surface area (Å²) in [5.74, 6) is 0. The molecule has 0 atom stereocenters. The van der Waals surface area contributed by atoms with E-state index in [0.29, 0.717) is 10.2 Å². The molecule has 106 valence electrons. The Hall–Kier alpha value is -1.99. The molecule has 0 amide bonds. The molecule has 2 heterocycles. The molecular weight excluding hydrogens is 354 g/mol. The summed E-state index contributed by atoms with van der Waals surface area (Å²) in [7, 11) is -3.67. The molecule has 2 aromatic heterocycles. The maximum atomic E-state index is 12.3. The van der Waals surface area contributed by atoms with Gasteiger partial charge in [0, 0.05) is 34.1 Å². The molecular formula is C14H10BrN3O2S. The first-order valence-electron chi connectivity index (χ1n) is 6.03. The van der Waals surface area contributed by atoms with Gasteiger partial charge >= 0.3 is 0 Å². The molecule has 0 radical (unpaired) electrons. The van der Waals surface area contributed by atoms with E-state index in [-0.39, 0.29) is 4.90 Å². The molecule has 0 bridgehead atoms. The Balaban J connectivity index is 1.97. The van der Waals surface area contributed by atoms with Gasteiger partial charge in [-0.25, -0.2) is 8.42 Å². The highest BCUT2D eigenvalue weighted by atomic mass is 79.9. The summed E-state index contributed by atoms with van der Waals surface area (Å²) >= 11 is 3.21. The van der Waals surface area contributed by atoms with Crippen molar-refractivity contribution in [3.8, 4) is 0 Å². The minimum absolute atomic E-state index is 0.100. The van der Waals surface area contributed by atoms with Crippen LogP contribution < -0.4 is 4.72 Å². The molecule has 0 aliphatic rings. The largest absolute Gasteiger partial charge is 0.280 e. The van der Waals surface area contributed by atoms with Crippen molar-refractivity contribution in [2.75, 3.05) is 4.72 Å². The zero-order chi connectivity index (χ0) is 14.9. The van der Waals surface area contributed by atoms with Crippen LogP contribution in [0.5, 0.6) is 0 Å². The first-order valence-corrected chi connectivity index (χ1v) is 8.30. The van der Waals surface area contributed by atoms with E-state index in [1.54, 1.807) is 30.5 Å². The van der Waals surface area contributed by atoms with Crippen LogP contribution in [0.25, 0.3) is 10.9 Å². The molecule has 7 heteroatoms. The van der Waals surface area contributed by atoms with Gasteiger partial charge in [-0.05, 0) is 46.3 Å². The molecule has 3 rings (SSSR count). The number of hydrogen-bond donors (Lipinski definition) is 1. The van der Waals surface area contributed by atoms with Crippen molar-refractivity contribution in [3.63, 3.8) is 0 Å².